The normalized spacial score (nSPS) is 24.5. The molecular formula is C18H26N6O5S2. The molecule has 3 fully saturated rings. The Morgan fingerprint density at radius 1 is 1.26 bits per heavy atom. The van der Waals surface area contributed by atoms with Crippen LogP contribution in [-0.4, -0.2) is 68.8 Å². The second kappa shape index (κ2) is 8.41. The molecule has 2 aliphatic heterocycles. The molecule has 1 aliphatic carbocycles. The fourth-order valence-corrected chi connectivity index (χ4v) is 7.03. The largest absolute Gasteiger partial charge is 0.344 e. The lowest BCUT2D eigenvalue weighted by molar-refractivity contribution is -0.139. The second-order valence-electron chi connectivity index (χ2n) is 8.47. The van der Waals surface area contributed by atoms with Gasteiger partial charge >= 0.3 is 6.03 Å². The summed E-state index contributed by atoms with van der Waals surface area (Å²) in [6, 6.07) is -0.599. The van der Waals surface area contributed by atoms with Gasteiger partial charge < -0.3 is 9.88 Å². The first-order valence-electron chi connectivity index (χ1n) is 10.4. The third kappa shape index (κ3) is 4.56. The summed E-state index contributed by atoms with van der Waals surface area (Å²) < 4.78 is 25.0. The van der Waals surface area contributed by atoms with E-state index >= 15 is 0 Å². The Morgan fingerprint density at radius 2 is 2.00 bits per heavy atom. The van der Waals surface area contributed by atoms with Crippen LogP contribution in [0.5, 0.6) is 0 Å². The van der Waals surface area contributed by atoms with Crippen LogP contribution in [0.3, 0.4) is 0 Å². The lowest BCUT2D eigenvalue weighted by Crippen LogP contribution is -2.51. The van der Waals surface area contributed by atoms with Crippen molar-refractivity contribution in [3.8, 4) is 0 Å². The molecule has 1 atom stereocenters. The van der Waals surface area contributed by atoms with Crippen LogP contribution in [0.4, 0.5) is 4.79 Å². The molecular weight excluding hydrogens is 444 g/mol. The van der Waals surface area contributed by atoms with Crippen LogP contribution in [-0.2, 0) is 32.9 Å². The van der Waals surface area contributed by atoms with Gasteiger partial charge in [-0.15, -0.1) is 10.2 Å². The van der Waals surface area contributed by atoms with E-state index in [0.717, 1.165) is 36.0 Å². The van der Waals surface area contributed by atoms with E-state index in [-0.39, 0.29) is 23.2 Å². The number of aromatic nitrogens is 3. The monoisotopic (exact) mass is 470 g/mol. The fraction of sp³-hybridized carbons (Fsp3) is 0.722. The Balaban J connectivity index is 1.31. The maximum absolute atomic E-state index is 12.7. The SMILES string of the molecule is Cn1c(C[C@H]2CCS(=O)(=O)C2)nnc1SCC(=O)NN1C(=O)NC2(CCCCC2)C1=O. The Morgan fingerprint density at radius 3 is 2.68 bits per heavy atom. The van der Waals surface area contributed by atoms with Crippen molar-refractivity contribution in [3.05, 3.63) is 5.82 Å². The number of hydrazine groups is 1. The molecule has 1 aromatic rings. The van der Waals surface area contributed by atoms with Crippen LogP contribution in [0.25, 0.3) is 0 Å². The van der Waals surface area contributed by atoms with Crippen molar-refractivity contribution >= 4 is 39.4 Å². The number of nitrogens with zero attached hydrogens (tertiary/aromatic N) is 4. The van der Waals surface area contributed by atoms with E-state index in [1.54, 1.807) is 11.6 Å². The maximum Gasteiger partial charge on any atom is 0.344 e. The quantitative estimate of drug-likeness (QED) is 0.442. The average molecular weight is 471 g/mol. The molecule has 0 aromatic carbocycles. The van der Waals surface area contributed by atoms with Crippen molar-refractivity contribution < 1.29 is 22.8 Å². The molecule has 3 aliphatic rings. The molecule has 31 heavy (non-hydrogen) atoms. The molecule has 2 N–H and O–H groups in total. The van der Waals surface area contributed by atoms with E-state index in [1.807, 2.05) is 0 Å². The summed E-state index contributed by atoms with van der Waals surface area (Å²) in [4.78, 5) is 37.3. The van der Waals surface area contributed by atoms with E-state index in [9.17, 15) is 22.8 Å². The van der Waals surface area contributed by atoms with E-state index in [0.29, 0.717) is 36.7 Å². The summed E-state index contributed by atoms with van der Waals surface area (Å²) in [5, 5.41) is 12.3. The molecule has 170 valence electrons. The lowest BCUT2D eigenvalue weighted by Gasteiger charge is -2.30. The molecule has 4 amide bonds. The summed E-state index contributed by atoms with van der Waals surface area (Å²) in [6.07, 6.45) is 5.07. The molecule has 0 bridgehead atoms. The van der Waals surface area contributed by atoms with Crippen molar-refractivity contribution in [3.63, 3.8) is 0 Å². The summed E-state index contributed by atoms with van der Waals surface area (Å²) in [6.45, 7) is 0. The van der Waals surface area contributed by atoms with Gasteiger partial charge in [-0.25, -0.2) is 13.2 Å². The molecule has 2 saturated heterocycles. The first-order valence-corrected chi connectivity index (χ1v) is 13.2. The van der Waals surface area contributed by atoms with E-state index < -0.39 is 33.2 Å². The van der Waals surface area contributed by atoms with Gasteiger partial charge in [-0.05, 0) is 25.2 Å². The number of urea groups is 1. The highest BCUT2D eigenvalue weighted by atomic mass is 32.2. The zero-order chi connectivity index (χ0) is 22.2. The highest BCUT2D eigenvalue weighted by molar-refractivity contribution is 7.99. The van der Waals surface area contributed by atoms with Gasteiger partial charge in [0, 0.05) is 13.5 Å². The topological polar surface area (TPSA) is 143 Å². The Hall–Kier alpha value is -2.15. The number of rotatable bonds is 6. The highest BCUT2D eigenvalue weighted by Gasteiger charge is 2.52. The Kier molecular flexibility index (Phi) is 5.99. The Labute approximate surface area is 184 Å². The number of hydrogen-bond acceptors (Lipinski definition) is 8. The van der Waals surface area contributed by atoms with Crippen molar-refractivity contribution in [1.29, 1.82) is 0 Å². The van der Waals surface area contributed by atoms with Gasteiger partial charge in [0.05, 0.1) is 17.3 Å². The minimum absolute atomic E-state index is 0.0286. The van der Waals surface area contributed by atoms with Gasteiger partial charge in [-0.1, -0.05) is 31.0 Å². The summed E-state index contributed by atoms with van der Waals surface area (Å²) >= 11 is 1.14. The lowest BCUT2D eigenvalue weighted by atomic mass is 9.82. The zero-order valence-corrected chi connectivity index (χ0v) is 18.9. The zero-order valence-electron chi connectivity index (χ0n) is 17.3. The second-order valence-corrected chi connectivity index (χ2v) is 11.6. The molecule has 4 rings (SSSR count). The molecule has 11 nitrogen and oxygen atoms in total. The van der Waals surface area contributed by atoms with Crippen molar-refractivity contribution in [2.45, 2.75) is 55.6 Å². The Bertz CT molecular complexity index is 1000. The van der Waals surface area contributed by atoms with Gasteiger partial charge in [0.15, 0.2) is 15.0 Å². The molecule has 0 unspecified atom stereocenters. The van der Waals surface area contributed by atoms with Crippen molar-refractivity contribution in [1.82, 2.24) is 30.5 Å². The smallest absolute Gasteiger partial charge is 0.322 e. The maximum atomic E-state index is 12.7. The third-order valence-corrected chi connectivity index (χ3v) is 9.02. The van der Waals surface area contributed by atoms with E-state index in [4.69, 9.17) is 0 Å². The molecule has 13 heteroatoms. The molecule has 1 aromatic heterocycles. The fourth-order valence-electron chi connectivity index (χ4n) is 4.44. The van der Waals surface area contributed by atoms with Crippen LogP contribution in [0.2, 0.25) is 0 Å². The highest BCUT2D eigenvalue weighted by Crippen LogP contribution is 2.33. The molecule has 0 radical (unpaired) electrons. The van der Waals surface area contributed by atoms with Crippen LogP contribution in [0.1, 0.15) is 44.3 Å². The van der Waals surface area contributed by atoms with Gasteiger partial charge in [-0.2, -0.15) is 5.01 Å². The number of sulfone groups is 1. The van der Waals surface area contributed by atoms with Gasteiger partial charge in [0.2, 0.25) is 5.91 Å². The minimum Gasteiger partial charge on any atom is -0.322 e. The van der Waals surface area contributed by atoms with Crippen LogP contribution in [0.15, 0.2) is 5.16 Å². The van der Waals surface area contributed by atoms with Crippen LogP contribution in [0, 0.1) is 5.92 Å². The van der Waals surface area contributed by atoms with Crippen LogP contribution >= 0.6 is 11.8 Å². The number of hydrogen-bond donors (Lipinski definition) is 2. The van der Waals surface area contributed by atoms with Gasteiger partial charge in [0.25, 0.3) is 5.91 Å². The predicted octanol–water partition coefficient (Wildman–Crippen LogP) is 0.170. The third-order valence-electron chi connectivity index (χ3n) is 6.16. The number of nitrogens with one attached hydrogen (secondary N) is 2. The van der Waals surface area contributed by atoms with E-state index in [1.165, 1.54) is 0 Å². The predicted molar refractivity (Wildman–Crippen MR) is 112 cm³/mol. The first kappa shape index (κ1) is 22.1. The standard InChI is InChI=1S/C18H26N6O5S2/c1-23-13(9-12-5-8-31(28,29)11-12)20-21-17(23)30-10-14(25)22-24-15(26)18(19-16(24)27)6-3-2-4-7-18/h12H,2-11H2,1H3,(H,19,27)(H,22,25)/t12-/m1/s1. The average Bonchev–Trinajstić information content (AvgIpc) is 3.32. The molecule has 3 heterocycles. The van der Waals surface area contributed by atoms with Crippen LogP contribution < -0.4 is 10.7 Å². The summed E-state index contributed by atoms with van der Waals surface area (Å²) in [5.74, 6) is 0.128. The molecule has 1 spiro atoms. The number of thioether (sulfide) groups is 1. The van der Waals surface area contributed by atoms with E-state index in [2.05, 4.69) is 20.9 Å². The number of imide groups is 1. The number of carbonyl (C=O) groups is 3. The summed E-state index contributed by atoms with van der Waals surface area (Å²) in [5.41, 5.74) is 1.52. The summed E-state index contributed by atoms with van der Waals surface area (Å²) in [7, 11) is -1.19. The molecule has 1 saturated carbocycles. The first-order chi connectivity index (χ1) is 14.7. The number of carbonyl (C=O) groups excluding carboxylic acids is 3. The van der Waals surface area contributed by atoms with Crippen molar-refractivity contribution in [2.75, 3.05) is 17.3 Å². The van der Waals surface area contributed by atoms with Crippen molar-refractivity contribution in [2.24, 2.45) is 13.0 Å². The van der Waals surface area contributed by atoms with Gasteiger partial charge in [-0.3, -0.25) is 15.0 Å². The number of amides is 4. The minimum atomic E-state index is -2.95. The van der Waals surface area contributed by atoms with Gasteiger partial charge in [0.1, 0.15) is 11.4 Å².